The summed E-state index contributed by atoms with van der Waals surface area (Å²) in [4.78, 5) is 22.6. The minimum Gasteiger partial charge on any atom is -0.299 e. The number of carbonyl (C=O) groups is 1. The van der Waals surface area contributed by atoms with E-state index < -0.39 is 4.92 Å². The topological polar surface area (TPSA) is 60.2 Å². The fourth-order valence-electron chi connectivity index (χ4n) is 2.51. The van der Waals surface area contributed by atoms with E-state index in [1.54, 1.807) is 18.2 Å². The van der Waals surface area contributed by atoms with E-state index in [0.717, 1.165) is 19.3 Å². The summed E-state index contributed by atoms with van der Waals surface area (Å²) in [5.41, 5.74) is 0.647. The zero-order valence-corrected chi connectivity index (χ0v) is 9.76. The quantitative estimate of drug-likeness (QED) is 0.582. The Labute approximate surface area is 99.8 Å². The Bertz CT molecular complexity index is 456. The number of nitrogens with zero attached hydrogens (tertiary/aromatic N) is 1. The molecule has 90 valence electrons. The number of hydrogen-bond donors (Lipinski definition) is 0. The van der Waals surface area contributed by atoms with E-state index in [0.29, 0.717) is 5.56 Å². The van der Waals surface area contributed by atoms with Gasteiger partial charge in [0.05, 0.1) is 4.92 Å². The van der Waals surface area contributed by atoms with Crippen LogP contribution in [0.15, 0.2) is 24.3 Å². The summed E-state index contributed by atoms with van der Waals surface area (Å²) < 4.78 is 0. The van der Waals surface area contributed by atoms with E-state index in [4.69, 9.17) is 0 Å². The van der Waals surface area contributed by atoms with Gasteiger partial charge in [-0.25, -0.2) is 0 Å². The van der Waals surface area contributed by atoms with Crippen molar-refractivity contribution in [3.05, 3.63) is 39.9 Å². The first-order valence-electron chi connectivity index (χ1n) is 5.88. The van der Waals surface area contributed by atoms with Crippen LogP contribution in [-0.4, -0.2) is 10.7 Å². The maximum Gasteiger partial charge on any atom is 0.273 e. The molecule has 2 atom stereocenters. The molecule has 1 aliphatic carbocycles. The molecule has 17 heavy (non-hydrogen) atoms. The van der Waals surface area contributed by atoms with Crippen LogP contribution in [0.2, 0.25) is 0 Å². The number of rotatable bonds is 2. The second-order valence-electron chi connectivity index (χ2n) is 4.60. The molecule has 0 N–H and O–H groups in total. The predicted octanol–water partition coefficient (Wildman–Crippen LogP) is 3.07. The van der Waals surface area contributed by atoms with Gasteiger partial charge in [-0.3, -0.25) is 14.9 Å². The summed E-state index contributed by atoms with van der Waals surface area (Å²) in [7, 11) is 0. The van der Waals surface area contributed by atoms with Crippen molar-refractivity contribution in [2.45, 2.75) is 32.1 Å². The lowest BCUT2D eigenvalue weighted by molar-refractivity contribution is -0.385. The van der Waals surface area contributed by atoms with E-state index in [1.807, 2.05) is 6.92 Å². The molecule has 1 fully saturated rings. The van der Waals surface area contributed by atoms with Crippen molar-refractivity contribution in [2.75, 3.05) is 0 Å². The van der Waals surface area contributed by atoms with E-state index in [9.17, 15) is 14.9 Å². The Kier molecular flexibility index (Phi) is 3.22. The molecule has 4 heteroatoms. The number of para-hydroxylation sites is 1. The van der Waals surface area contributed by atoms with Gasteiger partial charge in [-0.15, -0.1) is 0 Å². The molecule has 0 bridgehead atoms. The van der Waals surface area contributed by atoms with Crippen molar-refractivity contribution in [2.24, 2.45) is 5.92 Å². The van der Waals surface area contributed by atoms with Crippen molar-refractivity contribution in [1.29, 1.82) is 0 Å². The van der Waals surface area contributed by atoms with Gasteiger partial charge in [0.2, 0.25) is 0 Å². The molecule has 2 rings (SSSR count). The van der Waals surface area contributed by atoms with Crippen LogP contribution in [-0.2, 0) is 4.79 Å². The third kappa shape index (κ3) is 2.20. The Balaban J connectivity index is 2.39. The maximum absolute atomic E-state index is 12.1. The van der Waals surface area contributed by atoms with Gasteiger partial charge in [0.15, 0.2) is 0 Å². The molecule has 0 aromatic heterocycles. The number of hydrogen-bond acceptors (Lipinski definition) is 3. The molecular weight excluding hydrogens is 218 g/mol. The second kappa shape index (κ2) is 4.65. The van der Waals surface area contributed by atoms with Gasteiger partial charge >= 0.3 is 0 Å². The molecule has 0 spiro atoms. The summed E-state index contributed by atoms with van der Waals surface area (Å²) in [6.07, 6.45) is 2.59. The van der Waals surface area contributed by atoms with Crippen LogP contribution in [0.1, 0.15) is 37.7 Å². The van der Waals surface area contributed by atoms with E-state index in [1.165, 1.54) is 6.07 Å². The standard InChI is InChI=1S/C13H15NO3/c1-9-5-4-7-11(13(9)15)10-6-2-3-8-12(10)14(16)17/h2-3,6,8-9,11H,4-5,7H2,1H3. The monoisotopic (exact) mass is 233 g/mol. The zero-order chi connectivity index (χ0) is 12.4. The summed E-state index contributed by atoms with van der Waals surface area (Å²) in [5.74, 6) is -0.125. The van der Waals surface area contributed by atoms with E-state index in [-0.39, 0.29) is 23.3 Å². The third-order valence-electron chi connectivity index (χ3n) is 3.47. The fourth-order valence-corrected chi connectivity index (χ4v) is 2.51. The van der Waals surface area contributed by atoms with Crippen molar-refractivity contribution < 1.29 is 9.72 Å². The van der Waals surface area contributed by atoms with Crippen LogP contribution in [0, 0.1) is 16.0 Å². The molecule has 1 aliphatic rings. The number of Topliss-reactive ketones (excluding diaryl/α,β-unsaturated/α-hetero) is 1. The fraction of sp³-hybridized carbons (Fsp3) is 0.462. The molecular formula is C13H15NO3. The lowest BCUT2D eigenvalue weighted by atomic mass is 9.77. The van der Waals surface area contributed by atoms with Crippen LogP contribution >= 0.6 is 0 Å². The average Bonchev–Trinajstić information content (AvgIpc) is 2.33. The molecule has 1 aromatic rings. The number of nitro groups is 1. The van der Waals surface area contributed by atoms with Crippen LogP contribution in [0.25, 0.3) is 0 Å². The first-order valence-corrected chi connectivity index (χ1v) is 5.88. The normalized spacial score (nSPS) is 24.6. The number of ketones is 1. The van der Waals surface area contributed by atoms with Crippen LogP contribution in [0.4, 0.5) is 5.69 Å². The average molecular weight is 233 g/mol. The van der Waals surface area contributed by atoms with Crippen molar-refractivity contribution >= 4 is 11.5 Å². The number of nitro benzene ring substituents is 1. The first-order chi connectivity index (χ1) is 8.11. The lowest BCUT2D eigenvalue weighted by Gasteiger charge is -2.25. The smallest absolute Gasteiger partial charge is 0.273 e. The highest BCUT2D eigenvalue weighted by Gasteiger charge is 2.33. The van der Waals surface area contributed by atoms with Crippen molar-refractivity contribution in [3.8, 4) is 0 Å². The Morgan fingerprint density at radius 1 is 1.29 bits per heavy atom. The van der Waals surface area contributed by atoms with Gasteiger partial charge < -0.3 is 0 Å². The Hall–Kier alpha value is -1.71. The van der Waals surface area contributed by atoms with Gasteiger partial charge in [-0.05, 0) is 12.8 Å². The summed E-state index contributed by atoms with van der Waals surface area (Å²) in [5, 5.41) is 10.9. The molecule has 1 aromatic carbocycles. The minimum absolute atomic E-state index is 0.0218. The van der Waals surface area contributed by atoms with Crippen molar-refractivity contribution in [3.63, 3.8) is 0 Å². The largest absolute Gasteiger partial charge is 0.299 e. The Morgan fingerprint density at radius 2 is 2.00 bits per heavy atom. The molecule has 2 unspecified atom stereocenters. The van der Waals surface area contributed by atoms with Crippen LogP contribution in [0.3, 0.4) is 0 Å². The molecule has 0 amide bonds. The van der Waals surface area contributed by atoms with Gasteiger partial charge in [-0.2, -0.15) is 0 Å². The molecule has 0 heterocycles. The van der Waals surface area contributed by atoms with Gasteiger partial charge in [0.25, 0.3) is 5.69 Å². The SMILES string of the molecule is CC1CCCC(c2ccccc2[N+](=O)[O-])C1=O. The Morgan fingerprint density at radius 3 is 2.71 bits per heavy atom. The minimum atomic E-state index is -0.401. The molecule has 0 radical (unpaired) electrons. The van der Waals surface area contributed by atoms with E-state index in [2.05, 4.69) is 0 Å². The number of benzene rings is 1. The van der Waals surface area contributed by atoms with E-state index >= 15 is 0 Å². The second-order valence-corrected chi connectivity index (χ2v) is 4.60. The van der Waals surface area contributed by atoms with Gasteiger partial charge in [-0.1, -0.05) is 31.5 Å². The molecule has 0 aliphatic heterocycles. The highest BCUT2D eigenvalue weighted by molar-refractivity contribution is 5.89. The summed E-state index contributed by atoms with van der Waals surface area (Å²) in [6, 6.07) is 6.58. The van der Waals surface area contributed by atoms with Gasteiger partial charge in [0, 0.05) is 23.5 Å². The zero-order valence-electron chi connectivity index (χ0n) is 9.76. The van der Waals surface area contributed by atoms with Crippen LogP contribution in [0.5, 0.6) is 0 Å². The van der Waals surface area contributed by atoms with Gasteiger partial charge in [0.1, 0.15) is 5.78 Å². The lowest BCUT2D eigenvalue weighted by Crippen LogP contribution is -2.25. The third-order valence-corrected chi connectivity index (χ3v) is 3.47. The first kappa shape index (κ1) is 11.8. The summed E-state index contributed by atoms with van der Waals surface area (Å²) in [6.45, 7) is 1.91. The summed E-state index contributed by atoms with van der Waals surface area (Å²) >= 11 is 0. The predicted molar refractivity (Wildman–Crippen MR) is 63.9 cm³/mol. The maximum atomic E-state index is 12.1. The molecule has 1 saturated carbocycles. The van der Waals surface area contributed by atoms with Crippen LogP contribution < -0.4 is 0 Å². The highest BCUT2D eigenvalue weighted by atomic mass is 16.6. The number of carbonyl (C=O) groups excluding carboxylic acids is 1. The molecule has 0 saturated heterocycles. The van der Waals surface area contributed by atoms with Crippen molar-refractivity contribution in [1.82, 2.24) is 0 Å². The highest BCUT2D eigenvalue weighted by Crippen LogP contribution is 2.36. The molecule has 4 nitrogen and oxygen atoms in total.